The molecular weight excluding hydrogens is 313 g/mol. The summed E-state index contributed by atoms with van der Waals surface area (Å²) < 4.78 is 23.3. The summed E-state index contributed by atoms with van der Waals surface area (Å²) in [6.45, 7) is -0.307. The molecule has 0 unspecified atom stereocenters. The lowest BCUT2D eigenvalue weighted by atomic mass is 10.1. The number of halogens is 1. The summed E-state index contributed by atoms with van der Waals surface area (Å²) in [5, 5.41) is 2.49. The van der Waals surface area contributed by atoms with Gasteiger partial charge in [0.25, 0.3) is 0 Å². The van der Waals surface area contributed by atoms with Crippen molar-refractivity contribution in [3.8, 4) is 5.75 Å². The molecule has 0 atom stereocenters. The lowest BCUT2D eigenvalue weighted by Gasteiger charge is -2.08. The predicted octanol–water partition coefficient (Wildman–Crippen LogP) is 2.24. The Balaban J connectivity index is 1.73. The third-order valence-corrected chi connectivity index (χ3v) is 3.25. The van der Waals surface area contributed by atoms with Crippen molar-refractivity contribution < 1.29 is 23.5 Å². The fraction of sp³-hybridized carbons (Fsp3) is 0.222. The number of nitrogens with one attached hydrogen (secondary N) is 1. The molecule has 0 saturated heterocycles. The van der Waals surface area contributed by atoms with Gasteiger partial charge in [0.2, 0.25) is 5.91 Å². The van der Waals surface area contributed by atoms with E-state index in [4.69, 9.17) is 9.47 Å². The maximum absolute atomic E-state index is 13.5. The van der Waals surface area contributed by atoms with E-state index in [2.05, 4.69) is 5.32 Å². The fourth-order valence-corrected chi connectivity index (χ4v) is 2.03. The molecule has 0 aliphatic rings. The summed E-state index contributed by atoms with van der Waals surface area (Å²) in [5.74, 6) is -1.26. The van der Waals surface area contributed by atoms with Gasteiger partial charge in [-0.15, -0.1) is 0 Å². The highest BCUT2D eigenvalue weighted by Gasteiger charge is 2.09. The maximum Gasteiger partial charge on any atom is 0.325 e. The first-order valence-corrected chi connectivity index (χ1v) is 7.37. The van der Waals surface area contributed by atoms with Crippen molar-refractivity contribution >= 4 is 11.9 Å². The molecule has 0 saturated carbocycles. The van der Waals surface area contributed by atoms with Crippen LogP contribution >= 0.6 is 0 Å². The molecule has 0 aliphatic carbocycles. The summed E-state index contributed by atoms with van der Waals surface area (Å²) in [7, 11) is 1.37. The third-order valence-electron chi connectivity index (χ3n) is 3.25. The zero-order valence-electron chi connectivity index (χ0n) is 13.3. The van der Waals surface area contributed by atoms with Gasteiger partial charge >= 0.3 is 5.97 Å². The van der Waals surface area contributed by atoms with Gasteiger partial charge < -0.3 is 14.8 Å². The largest absolute Gasteiger partial charge is 0.494 e. The number of hydrogen-bond donors (Lipinski definition) is 1. The van der Waals surface area contributed by atoms with Gasteiger partial charge in [-0.2, -0.15) is 0 Å². The van der Waals surface area contributed by atoms with Gasteiger partial charge in [0.15, 0.2) is 11.6 Å². The molecule has 2 aromatic carbocycles. The number of hydrogen-bond acceptors (Lipinski definition) is 4. The van der Waals surface area contributed by atoms with Crippen molar-refractivity contribution in [1.29, 1.82) is 0 Å². The van der Waals surface area contributed by atoms with E-state index >= 15 is 0 Å². The number of amides is 1. The molecule has 0 radical (unpaired) electrons. The van der Waals surface area contributed by atoms with Crippen LogP contribution in [0.15, 0.2) is 48.5 Å². The summed E-state index contributed by atoms with van der Waals surface area (Å²) in [4.78, 5) is 23.3. The molecule has 0 aliphatic heterocycles. The van der Waals surface area contributed by atoms with E-state index in [1.807, 2.05) is 30.3 Å². The Morgan fingerprint density at radius 2 is 1.83 bits per heavy atom. The Morgan fingerprint density at radius 3 is 2.50 bits per heavy atom. The first-order valence-electron chi connectivity index (χ1n) is 7.37. The molecule has 2 aromatic rings. The molecule has 5 nitrogen and oxygen atoms in total. The standard InChI is InChI=1S/C18H18FNO4/c1-23-16-8-7-14(9-15(16)19)12-24-18(22)11-20-17(21)10-13-5-3-2-4-6-13/h2-9H,10-12H2,1H3,(H,20,21). The second-order valence-electron chi connectivity index (χ2n) is 5.07. The van der Waals surface area contributed by atoms with E-state index in [-0.39, 0.29) is 31.2 Å². The van der Waals surface area contributed by atoms with Crippen LogP contribution in [0.5, 0.6) is 5.75 Å². The van der Waals surface area contributed by atoms with Crippen molar-refractivity contribution in [2.45, 2.75) is 13.0 Å². The number of carbonyl (C=O) groups is 2. The molecule has 24 heavy (non-hydrogen) atoms. The average molecular weight is 331 g/mol. The van der Waals surface area contributed by atoms with E-state index < -0.39 is 11.8 Å². The topological polar surface area (TPSA) is 64.6 Å². The first-order chi connectivity index (χ1) is 11.6. The summed E-state index contributed by atoms with van der Waals surface area (Å²) in [6, 6.07) is 13.5. The van der Waals surface area contributed by atoms with Crippen LogP contribution in [-0.2, 0) is 27.4 Å². The molecule has 1 N–H and O–H groups in total. The number of rotatable bonds is 7. The van der Waals surface area contributed by atoms with E-state index in [0.29, 0.717) is 5.56 Å². The zero-order valence-corrected chi connectivity index (χ0v) is 13.3. The number of esters is 1. The van der Waals surface area contributed by atoms with Crippen LogP contribution in [0.1, 0.15) is 11.1 Å². The number of methoxy groups -OCH3 is 1. The number of ether oxygens (including phenoxy) is 2. The minimum atomic E-state index is -0.590. The van der Waals surface area contributed by atoms with Gasteiger partial charge in [-0.3, -0.25) is 9.59 Å². The van der Waals surface area contributed by atoms with Crippen LogP contribution < -0.4 is 10.1 Å². The minimum absolute atomic E-state index is 0.0751. The molecule has 0 heterocycles. The quantitative estimate of drug-likeness (QED) is 0.790. The van der Waals surface area contributed by atoms with Crippen LogP contribution in [0.3, 0.4) is 0 Å². The highest BCUT2D eigenvalue weighted by molar-refractivity contribution is 5.83. The smallest absolute Gasteiger partial charge is 0.325 e. The van der Waals surface area contributed by atoms with Crippen molar-refractivity contribution in [3.63, 3.8) is 0 Å². The van der Waals surface area contributed by atoms with E-state index in [1.54, 1.807) is 6.07 Å². The Hall–Kier alpha value is -2.89. The Labute approximate surface area is 139 Å². The van der Waals surface area contributed by atoms with Crippen LogP contribution in [0.25, 0.3) is 0 Å². The minimum Gasteiger partial charge on any atom is -0.494 e. The monoisotopic (exact) mass is 331 g/mol. The Morgan fingerprint density at radius 1 is 1.08 bits per heavy atom. The van der Waals surface area contributed by atoms with Gasteiger partial charge in [-0.25, -0.2) is 4.39 Å². The summed E-state index contributed by atoms with van der Waals surface area (Å²) in [5.41, 5.74) is 1.36. The van der Waals surface area contributed by atoms with E-state index in [1.165, 1.54) is 19.2 Å². The Bertz CT molecular complexity index is 703. The van der Waals surface area contributed by atoms with Crippen LogP contribution in [0.4, 0.5) is 4.39 Å². The molecule has 6 heteroatoms. The maximum atomic E-state index is 13.5. The summed E-state index contributed by atoms with van der Waals surface area (Å²) in [6.07, 6.45) is 0.192. The Kier molecular flexibility index (Phi) is 6.31. The van der Waals surface area contributed by atoms with E-state index in [0.717, 1.165) is 5.56 Å². The van der Waals surface area contributed by atoms with Crippen LogP contribution in [-0.4, -0.2) is 25.5 Å². The molecule has 0 aromatic heterocycles. The van der Waals surface area contributed by atoms with Gasteiger partial charge in [0, 0.05) is 0 Å². The van der Waals surface area contributed by atoms with Gasteiger partial charge in [-0.05, 0) is 23.3 Å². The third kappa shape index (κ3) is 5.39. The molecule has 1 amide bonds. The van der Waals surface area contributed by atoms with Crippen LogP contribution in [0, 0.1) is 5.82 Å². The average Bonchev–Trinajstić information content (AvgIpc) is 2.59. The zero-order chi connectivity index (χ0) is 17.4. The van der Waals surface area contributed by atoms with Gasteiger partial charge in [0.1, 0.15) is 13.2 Å². The SMILES string of the molecule is COc1ccc(COC(=O)CNC(=O)Cc2ccccc2)cc1F. The highest BCUT2D eigenvalue weighted by atomic mass is 19.1. The van der Waals surface area contributed by atoms with Crippen molar-refractivity contribution in [1.82, 2.24) is 5.32 Å². The lowest BCUT2D eigenvalue weighted by molar-refractivity contribution is -0.145. The first kappa shape index (κ1) is 17.5. The molecule has 2 rings (SSSR count). The second kappa shape index (κ2) is 8.67. The highest BCUT2D eigenvalue weighted by Crippen LogP contribution is 2.18. The van der Waals surface area contributed by atoms with Crippen molar-refractivity contribution in [2.24, 2.45) is 0 Å². The molecule has 0 bridgehead atoms. The molecule has 0 fully saturated rings. The molecule has 0 spiro atoms. The normalized spacial score (nSPS) is 10.1. The predicted molar refractivity (Wildman–Crippen MR) is 85.9 cm³/mol. The molecular formula is C18H18FNO4. The van der Waals surface area contributed by atoms with Crippen molar-refractivity contribution in [2.75, 3.05) is 13.7 Å². The number of benzene rings is 2. The fourth-order valence-electron chi connectivity index (χ4n) is 2.03. The molecule has 126 valence electrons. The number of carbonyl (C=O) groups excluding carboxylic acids is 2. The van der Waals surface area contributed by atoms with Crippen molar-refractivity contribution in [3.05, 3.63) is 65.5 Å². The van der Waals surface area contributed by atoms with Crippen LogP contribution in [0.2, 0.25) is 0 Å². The van der Waals surface area contributed by atoms with E-state index in [9.17, 15) is 14.0 Å². The van der Waals surface area contributed by atoms with Gasteiger partial charge in [0.05, 0.1) is 13.5 Å². The lowest BCUT2D eigenvalue weighted by Crippen LogP contribution is -2.31. The van der Waals surface area contributed by atoms with Gasteiger partial charge in [-0.1, -0.05) is 36.4 Å². The summed E-state index contributed by atoms with van der Waals surface area (Å²) >= 11 is 0. The second-order valence-corrected chi connectivity index (χ2v) is 5.07.